The third kappa shape index (κ3) is 2.69. The number of likely N-dealkylation sites (N-methyl/N-ethyl adjacent to an activating group) is 1. The number of amides is 1. The summed E-state index contributed by atoms with van der Waals surface area (Å²) in [5.41, 5.74) is 0.0912. The number of nitrogens with zero attached hydrogens (tertiary/aromatic N) is 3. The lowest BCUT2D eigenvalue weighted by Gasteiger charge is -2.43. The Labute approximate surface area is 107 Å². The maximum absolute atomic E-state index is 11.8. The molecule has 0 spiro atoms. The fraction of sp³-hybridized carbons (Fsp3) is 0.750. The summed E-state index contributed by atoms with van der Waals surface area (Å²) in [5.74, 6) is 0.0963. The van der Waals surface area contributed by atoms with Crippen molar-refractivity contribution in [2.24, 2.45) is 0 Å². The molecular formula is C12H21N5O. The topological polar surface area (TPSA) is 73.9 Å². The van der Waals surface area contributed by atoms with Crippen molar-refractivity contribution in [3.8, 4) is 0 Å². The van der Waals surface area contributed by atoms with Crippen molar-refractivity contribution < 1.29 is 4.79 Å². The molecule has 1 saturated carbocycles. The van der Waals surface area contributed by atoms with E-state index in [4.69, 9.17) is 0 Å². The number of hydrogen-bond donors (Lipinski definition) is 2. The van der Waals surface area contributed by atoms with E-state index in [1.54, 1.807) is 0 Å². The molecule has 0 aromatic carbocycles. The summed E-state index contributed by atoms with van der Waals surface area (Å²) in [6.07, 6.45) is 7.38. The minimum absolute atomic E-state index is 0.0912. The first-order chi connectivity index (χ1) is 8.64. The van der Waals surface area contributed by atoms with Gasteiger partial charge in [0.05, 0.1) is 0 Å². The summed E-state index contributed by atoms with van der Waals surface area (Å²) in [5, 5.41) is 9.23. The summed E-state index contributed by atoms with van der Waals surface area (Å²) < 4.78 is 0. The van der Waals surface area contributed by atoms with Gasteiger partial charge in [-0.25, -0.2) is 4.98 Å². The summed E-state index contributed by atoms with van der Waals surface area (Å²) in [7, 11) is 4.18. The molecule has 2 N–H and O–H groups in total. The molecule has 6 heteroatoms. The number of nitrogens with one attached hydrogen (secondary N) is 2. The Morgan fingerprint density at radius 3 is 2.72 bits per heavy atom. The number of carbonyl (C=O) groups is 1. The van der Waals surface area contributed by atoms with Crippen LogP contribution in [0, 0.1) is 0 Å². The van der Waals surface area contributed by atoms with Crippen LogP contribution in [0.3, 0.4) is 0 Å². The van der Waals surface area contributed by atoms with Gasteiger partial charge in [-0.3, -0.25) is 9.89 Å². The van der Waals surface area contributed by atoms with Gasteiger partial charge in [0.2, 0.25) is 5.82 Å². The first kappa shape index (κ1) is 13.0. The maximum atomic E-state index is 11.8. The molecular weight excluding hydrogens is 230 g/mol. The summed E-state index contributed by atoms with van der Waals surface area (Å²) in [6.45, 7) is 0.666. The third-order valence-corrected chi connectivity index (χ3v) is 3.94. The standard InChI is InChI=1S/C12H21N5O/c1-17(2)12(6-4-3-5-7-12)8-13-11(18)10-14-9-15-16-10/h9H,3-8H2,1-2H3,(H,13,18)(H,14,15,16). The first-order valence-corrected chi connectivity index (χ1v) is 6.45. The molecule has 1 fully saturated rings. The monoisotopic (exact) mass is 251 g/mol. The van der Waals surface area contributed by atoms with Crippen LogP contribution in [0.15, 0.2) is 6.33 Å². The molecule has 0 radical (unpaired) electrons. The minimum atomic E-state index is -0.181. The highest BCUT2D eigenvalue weighted by Crippen LogP contribution is 2.31. The Bertz CT molecular complexity index is 381. The Kier molecular flexibility index (Phi) is 3.96. The lowest BCUT2D eigenvalue weighted by atomic mass is 9.80. The second-order valence-electron chi connectivity index (χ2n) is 5.20. The van der Waals surface area contributed by atoms with E-state index >= 15 is 0 Å². The van der Waals surface area contributed by atoms with E-state index in [-0.39, 0.29) is 17.3 Å². The SMILES string of the molecule is CN(C)C1(CNC(=O)c2ncn[nH]2)CCCCC1. The zero-order chi connectivity index (χ0) is 13.0. The van der Waals surface area contributed by atoms with Gasteiger partial charge in [-0.1, -0.05) is 19.3 Å². The fourth-order valence-electron chi connectivity index (χ4n) is 2.64. The molecule has 0 atom stereocenters. The fourth-order valence-corrected chi connectivity index (χ4v) is 2.64. The van der Waals surface area contributed by atoms with E-state index in [1.165, 1.54) is 25.6 Å². The molecule has 1 amide bonds. The molecule has 18 heavy (non-hydrogen) atoms. The second kappa shape index (κ2) is 5.48. The molecule has 6 nitrogen and oxygen atoms in total. The van der Waals surface area contributed by atoms with E-state index in [2.05, 4.69) is 39.5 Å². The predicted molar refractivity (Wildman–Crippen MR) is 68.2 cm³/mol. The van der Waals surface area contributed by atoms with Crippen molar-refractivity contribution >= 4 is 5.91 Å². The number of H-pyrrole nitrogens is 1. The van der Waals surface area contributed by atoms with Gasteiger partial charge in [0.1, 0.15) is 6.33 Å². The van der Waals surface area contributed by atoms with Crippen LogP contribution < -0.4 is 5.32 Å². The van der Waals surface area contributed by atoms with Crippen LogP contribution in [0.4, 0.5) is 0 Å². The quantitative estimate of drug-likeness (QED) is 0.830. The molecule has 1 heterocycles. The van der Waals surface area contributed by atoms with Gasteiger partial charge in [0.25, 0.3) is 5.91 Å². The summed E-state index contributed by atoms with van der Waals surface area (Å²) in [4.78, 5) is 17.9. The zero-order valence-electron chi connectivity index (χ0n) is 11.1. The van der Waals surface area contributed by atoms with Crippen molar-refractivity contribution in [2.45, 2.75) is 37.6 Å². The van der Waals surface area contributed by atoms with Gasteiger partial charge >= 0.3 is 0 Å². The van der Waals surface area contributed by atoms with Gasteiger partial charge < -0.3 is 10.2 Å². The van der Waals surface area contributed by atoms with Crippen molar-refractivity contribution in [1.82, 2.24) is 25.4 Å². The molecule has 0 aliphatic heterocycles. The van der Waals surface area contributed by atoms with Crippen LogP contribution in [0.25, 0.3) is 0 Å². The first-order valence-electron chi connectivity index (χ1n) is 6.45. The molecule has 0 unspecified atom stereocenters. The van der Waals surface area contributed by atoms with Crippen molar-refractivity contribution in [2.75, 3.05) is 20.6 Å². The third-order valence-electron chi connectivity index (χ3n) is 3.94. The van der Waals surface area contributed by atoms with Crippen LogP contribution in [0.2, 0.25) is 0 Å². The Morgan fingerprint density at radius 2 is 2.17 bits per heavy atom. The molecule has 0 saturated heterocycles. The van der Waals surface area contributed by atoms with E-state index in [1.807, 2.05) is 0 Å². The average molecular weight is 251 g/mol. The molecule has 1 aromatic heterocycles. The van der Waals surface area contributed by atoms with Gasteiger partial charge in [0, 0.05) is 12.1 Å². The number of hydrogen-bond acceptors (Lipinski definition) is 4. The van der Waals surface area contributed by atoms with Crippen molar-refractivity contribution in [3.05, 3.63) is 12.2 Å². The van der Waals surface area contributed by atoms with Gasteiger partial charge in [-0.05, 0) is 26.9 Å². The highest BCUT2D eigenvalue weighted by Gasteiger charge is 2.34. The Balaban J connectivity index is 1.96. The molecule has 1 aliphatic carbocycles. The van der Waals surface area contributed by atoms with Gasteiger partial charge in [-0.15, -0.1) is 0 Å². The normalized spacial score (nSPS) is 18.8. The van der Waals surface area contributed by atoms with Crippen molar-refractivity contribution in [1.29, 1.82) is 0 Å². The van der Waals surface area contributed by atoms with Crippen LogP contribution in [-0.4, -0.2) is 52.2 Å². The van der Waals surface area contributed by atoms with E-state index in [9.17, 15) is 4.79 Å². The summed E-state index contributed by atoms with van der Waals surface area (Å²) in [6, 6.07) is 0. The van der Waals surface area contributed by atoms with E-state index < -0.39 is 0 Å². The number of aromatic nitrogens is 3. The zero-order valence-corrected chi connectivity index (χ0v) is 11.1. The van der Waals surface area contributed by atoms with Gasteiger partial charge in [-0.2, -0.15) is 5.10 Å². The second-order valence-corrected chi connectivity index (χ2v) is 5.20. The van der Waals surface area contributed by atoms with Crippen LogP contribution >= 0.6 is 0 Å². The minimum Gasteiger partial charge on any atom is -0.347 e. The number of aromatic amines is 1. The maximum Gasteiger partial charge on any atom is 0.288 e. The van der Waals surface area contributed by atoms with Gasteiger partial charge in [0.15, 0.2) is 0 Å². The largest absolute Gasteiger partial charge is 0.347 e. The summed E-state index contributed by atoms with van der Waals surface area (Å²) >= 11 is 0. The Hall–Kier alpha value is -1.43. The lowest BCUT2D eigenvalue weighted by Crippen LogP contribution is -2.53. The van der Waals surface area contributed by atoms with E-state index in [0.29, 0.717) is 6.54 Å². The molecule has 1 aliphatic rings. The highest BCUT2D eigenvalue weighted by atomic mass is 16.2. The predicted octanol–water partition coefficient (Wildman–Crippen LogP) is 0.799. The number of rotatable bonds is 4. The van der Waals surface area contributed by atoms with Crippen LogP contribution in [0.5, 0.6) is 0 Å². The molecule has 100 valence electrons. The molecule has 0 bridgehead atoms. The Morgan fingerprint density at radius 1 is 1.44 bits per heavy atom. The smallest absolute Gasteiger partial charge is 0.288 e. The van der Waals surface area contributed by atoms with E-state index in [0.717, 1.165) is 12.8 Å². The lowest BCUT2D eigenvalue weighted by molar-refractivity contribution is 0.0792. The number of carbonyl (C=O) groups excluding carboxylic acids is 1. The molecule has 1 aromatic rings. The molecule has 2 rings (SSSR count). The van der Waals surface area contributed by atoms with Crippen molar-refractivity contribution in [3.63, 3.8) is 0 Å². The van der Waals surface area contributed by atoms with Crippen LogP contribution in [0.1, 0.15) is 42.7 Å². The highest BCUT2D eigenvalue weighted by molar-refractivity contribution is 5.90. The average Bonchev–Trinajstić information content (AvgIpc) is 2.91. The van der Waals surface area contributed by atoms with Crippen LogP contribution in [-0.2, 0) is 0 Å².